The summed E-state index contributed by atoms with van der Waals surface area (Å²) >= 11 is 0. The Bertz CT molecular complexity index is 856. The third-order valence-corrected chi connectivity index (χ3v) is 3.37. The highest BCUT2D eigenvalue weighted by Crippen LogP contribution is 2.14. The van der Waals surface area contributed by atoms with E-state index in [9.17, 15) is 14.3 Å². The van der Waals surface area contributed by atoms with Crippen LogP contribution in [0.1, 0.15) is 48.3 Å². The first-order valence-electron chi connectivity index (χ1n) is 7.00. The van der Waals surface area contributed by atoms with E-state index < -0.39 is 23.9 Å². The number of hydrogen-bond acceptors (Lipinski definition) is 5. The van der Waals surface area contributed by atoms with Crippen LogP contribution in [0.15, 0.2) is 24.5 Å². The van der Waals surface area contributed by atoms with Gasteiger partial charge in [-0.2, -0.15) is 5.10 Å². The van der Waals surface area contributed by atoms with Crippen LogP contribution in [0.25, 0.3) is 5.52 Å². The SMILES string of the molecule is CC(O)c1n[nH]c(C(C)NC(=O)c2ncc3c(F)cccn23)n1. The average Bonchev–Trinajstić information content (AvgIpc) is 3.15. The molecule has 3 heterocycles. The van der Waals surface area contributed by atoms with Gasteiger partial charge in [0.05, 0.1) is 12.2 Å². The van der Waals surface area contributed by atoms with Crippen LogP contribution >= 0.6 is 0 Å². The monoisotopic (exact) mass is 318 g/mol. The van der Waals surface area contributed by atoms with Crippen LogP contribution < -0.4 is 5.32 Å². The van der Waals surface area contributed by atoms with Crippen molar-refractivity contribution in [2.75, 3.05) is 0 Å². The highest BCUT2D eigenvalue weighted by atomic mass is 19.1. The second-order valence-corrected chi connectivity index (χ2v) is 5.14. The first-order valence-corrected chi connectivity index (χ1v) is 7.00. The van der Waals surface area contributed by atoms with Crippen molar-refractivity contribution in [3.63, 3.8) is 0 Å². The Balaban J connectivity index is 1.81. The number of nitrogens with zero attached hydrogens (tertiary/aromatic N) is 4. The highest BCUT2D eigenvalue weighted by molar-refractivity contribution is 5.92. The maximum atomic E-state index is 13.6. The minimum absolute atomic E-state index is 0.0709. The number of aromatic amines is 1. The van der Waals surface area contributed by atoms with Gasteiger partial charge in [-0.1, -0.05) is 0 Å². The Morgan fingerprint density at radius 1 is 1.48 bits per heavy atom. The smallest absolute Gasteiger partial charge is 0.288 e. The first kappa shape index (κ1) is 15.1. The summed E-state index contributed by atoms with van der Waals surface area (Å²) in [5.41, 5.74) is 0.223. The molecule has 0 radical (unpaired) electrons. The predicted octanol–water partition coefficient (Wildman–Crippen LogP) is 1.14. The molecule has 3 rings (SSSR count). The molecule has 0 spiro atoms. The van der Waals surface area contributed by atoms with Crippen molar-refractivity contribution in [2.45, 2.75) is 26.0 Å². The number of nitrogens with one attached hydrogen (secondary N) is 2. The molecule has 0 bridgehead atoms. The molecule has 23 heavy (non-hydrogen) atoms. The van der Waals surface area contributed by atoms with Crippen LogP contribution in [0, 0.1) is 5.82 Å². The molecule has 9 heteroatoms. The van der Waals surface area contributed by atoms with Crippen LogP contribution in [0.5, 0.6) is 0 Å². The Morgan fingerprint density at radius 3 is 2.96 bits per heavy atom. The van der Waals surface area contributed by atoms with E-state index in [0.29, 0.717) is 5.82 Å². The van der Waals surface area contributed by atoms with Crippen molar-refractivity contribution in [1.82, 2.24) is 29.9 Å². The van der Waals surface area contributed by atoms with Gasteiger partial charge in [0.25, 0.3) is 5.91 Å². The molecule has 0 aromatic carbocycles. The van der Waals surface area contributed by atoms with Crippen LogP contribution in [-0.4, -0.2) is 35.6 Å². The normalized spacial score (nSPS) is 13.9. The van der Waals surface area contributed by atoms with Gasteiger partial charge in [-0.25, -0.2) is 14.4 Å². The average molecular weight is 318 g/mol. The van der Waals surface area contributed by atoms with Crippen molar-refractivity contribution < 1.29 is 14.3 Å². The number of carbonyl (C=O) groups is 1. The summed E-state index contributed by atoms with van der Waals surface area (Å²) in [6, 6.07) is 2.31. The van der Waals surface area contributed by atoms with Crippen molar-refractivity contribution >= 4 is 11.4 Å². The number of rotatable bonds is 4. The standard InChI is InChI=1S/C14H15FN6O2/c1-7(11-18-12(8(2)22)20-19-11)17-14(23)13-16-6-10-9(15)4-3-5-21(10)13/h3-8,22H,1-2H3,(H,17,23)(H,18,19,20). The fraction of sp³-hybridized carbons (Fsp3) is 0.286. The number of pyridine rings is 1. The van der Waals surface area contributed by atoms with Gasteiger partial charge in [-0.3, -0.25) is 14.3 Å². The van der Waals surface area contributed by atoms with Gasteiger partial charge in [-0.15, -0.1) is 0 Å². The summed E-state index contributed by atoms with van der Waals surface area (Å²) < 4.78 is 15.0. The van der Waals surface area contributed by atoms with Gasteiger partial charge in [0.1, 0.15) is 23.3 Å². The number of hydrogen-bond donors (Lipinski definition) is 3. The second-order valence-electron chi connectivity index (χ2n) is 5.14. The number of imidazole rings is 1. The maximum absolute atomic E-state index is 13.6. The molecule has 0 aliphatic rings. The number of aliphatic hydroxyl groups excluding tert-OH is 1. The molecule has 0 fully saturated rings. The highest BCUT2D eigenvalue weighted by Gasteiger charge is 2.20. The quantitative estimate of drug-likeness (QED) is 0.668. The largest absolute Gasteiger partial charge is 0.385 e. The van der Waals surface area contributed by atoms with E-state index in [0.717, 1.165) is 0 Å². The zero-order valence-corrected chi connectivity index (χ0v) is 12.5. The molecular weight excluding hydrogens is 303 g/mol. The summed E-state index contributed by atoms with van der Waals surface area (Å²) in [7, 11) is 0. The Morgan fingerprint density at radius 2 is 2.26 bits per heavy atom. The summed E-state index contributed by atoms with van der Waals surface area (Å²) in [5, 5.41) is 18.6. The molecule has 120 valence electrons. The van der Waals surface area contributed by atoms with Gasteiger partial charge >= 0.3 is 0 Å². The van der Waals surface area contributed by atoms with Crippen LogP contribution in [-0.2, 0) is 0 Å². The van der Waals surface area contributed by atoms with E-state index in [1.807, 2.05) is 0 Å². The van der Waals surface area contributed by atoms with Crippen LogP contribution in [0.2, 0.25) is 0 Å². The Hall–Kier alpha value is -2.81. The van der Waals surface area contributed by atoms with Crippen molar-refractivity contribution in [3.05, 3.63) is 47.8 Å². The second kappa shape index (κ2) is 5.76. The van der Waals surface area contributed by atoms with Crippen molar-refractivity contribution in [3.8, 4) is 0 Å². The molecule has 2 atom stereocenters. The summed E-state index contributed by atoms with van der Waals surface area (Å²) in [4.78, 5) is 20.4. The van der Waals surface area contributed by atoms with Gasteiger partial charge in [0.15, 0.2) is 5.82 Å². The lowest BCUT2D eigenvalue weighted by Gasteiger charge is -2.10. The van der Waals surface area contributed by atoms with E-state index in [1.54, 1.807) is 20.0 Å². The topological polar surface area (TPSA) is 108 Å². The minimum Gasteiger partial charge on any atom is -0.385 e. The predicted molar refractivity (Wildman–Crippen MR) is 78.0 cm³/mol. The van der Waals surface area contributed by atoms with Gasteiger partial charge < -0.3 is 10.4 Å². The first-order chi connectivity index (χ1) is 11.0. The molecule has 0 saturated heterocycles. The summed E-state index contributed by atoms with van der Waals surface area (Å²) in [6.07, 6.45) is 2.06. The van der Waals surface area contributed by atoms with E-state index >= 15 is 0 Å². The fourth-order valence-electron chi connectivity index (χ4n) is 2.15. The van der Waals surface area contributed by atoms with Gasteiger partial charge in [-0.05, 0) is 26.0 Å². The van der Waals surface area contributed by atoms with E-state index in [2.05, 4.69) is 25.5 Å². The van der Waals surface area contributed by atoms with E-state index in [4.69, 9.17) is 0 Å². The van der Waals surface area contributed by atoms with E-state index in [-0.39, 0.29) is 17.2 Å². The molecule has 0 aliphatic heterocycles. The molecule has 0 saturated carbocycles. The Labute approximate surface area is 130 Å². The number of H-pyrrole nitrogens is 1. The zero-order valence-electron chi connectivity index (χ0n) is 12.5. The zero-order chi connectivity index (χ0) is 16.6. The molecule has 8 nitrogen and oxygen atoms in total. The molecule has 2 unspecified atom stereocenters. The number of aromatic nitrogens is 5. The third-order valence-electron chi connectivity index (χ3n) is 3.37. The molecule has 3 aromatic heterocycles. The lowest BCUT2D eigenvalue weighted by molar-refractivity contribution is 0.0927. The van der Waals surface area contributed by atoms with Crippen molar-refractivity contribution in [1.29, 1.82) is 0 Å². The minimum atomic E-state index is -0.804. The number of halogens is 1. The molecule has 0 aliphatic carbocycles. The van der Waals surface area contributed by atoms with Crippen LogP contribution in [0.4, 0.5) is 4.39 Å². The number of aliphatic hydroxyl groups is 1. The summed E-state index contributed by atoms with van der Waals surface area (Å²) in [6.45, 7) is 3.25. The fourth-order valence-corrected chi connectivity index (χ4v) is 2.15. The van der Waals surface area contributed by atoms with Crippen LogP contribution in [0.3, 0.4) is 0 Å². The lowest BCUT2D eigenvalue weighted by atomic mass is 10.3. The lowest BCUT2D eigenvalue weighted by Crippen LogP contribution is -2.29. The number of fused-ring (bicyclic) bond motifs is 1. The molecule has 3 aromatic rings. The number of amides is 1. The van der Waals surface area contributed by atoms with Crippen molar-refractivity contribution in [2.24, 2.45) is 0 Å². The maximum Gasteiger partial charge on any atom is 0.288 e. The molecule has 3 N–H and O–H groups in total. The van der Waals surface area contributed by atoms with Gasteiger partial charge in [0, 0.05) is 6.20 Å². The summed E-state index contributed by atoms with van der Waals surface area (Å²) in [5.74, 6) is -0.209. The number of carbonyl (C=O) groups excluding carboxylic acids is 1. The Kier molecular flexibility index (Phi) is 3.78. The molecular formula is C14H15FN6O2. The van der Waals surface area contributed by atoms with Gasteiger partial charge in [0.2, 0.25) is 5.82 Å². The third kappa shape index (κ3) is 2.78. The molecule has 1 amide bonds. The van der Waals surface area contributed by atoms with E-state index in [1.165, 1.54) is 22.7 Å².